The lowest BCUT2D eigenvalue weighted by Crippen LogP contribution is -2.32. The van der Waals surface area contributed by atoms with Gasteiger partial charge in [0.1, 0.15) is 4.88 Å². The molecule has 0 radical (unpaired) electrons. The number of aromatic carboxylic acids is 1. The van der Waals surface area contributed by atoms with Crippen LogP contribution in [0.3, 0.4) is 0 Å². The minimum Gasteiger partial charge on any atom is -0.477 e. The summed E-state index contributed by atoms with van der Waals surface area (Å²) in [5.74, 6) is -1.14. The molecule has 0 atom stereocenters. The smallest absolute Gasteiger partial charge is 0.345 e. The SMILES string of the molecule is Cc1sc(C(=O)O)cc1S(=O)(=O)NCC1(CO)CC1. The average molecular weight is 305 g/mol. The number of carbonyl (C=O) groups is 1. The number of sulfonamides is 1. The van der Waals surface area contributed by atoms with Crippen LogP contribution in [0.2, 0.25) is 0 Å². The topological polar surface area (TPSA) is 104 Å². The Morgan fingerprint density at radius 2 is 2.16 bits per heavy atom. The molecule has 0 aromatic carbocycles. The number of aliphatic hydroxyl groups excluding tert-OH is 1. The van der Waals surface area contributed by atoms with E-state index in [1.54, 1.807) is 6.92 Å². The summed E-state index contributed by atoms with van der Waals surface area (Å²) in [4.78, 5) is 11.3. The molecule has 1 aliphatic rings. The van der Waals surface area contributed by atoms with Gasteiger partial charge in [0.15, 0.2) is 0 Å². The molecule has 1 aromatic heterocycles. The van der Waals surface area contributed by atoms with Crippen LogP contribution >= 0.6 is 11.3 Å². The fourth-order valence-corrected chi connectivity index (χ4v) is 4.32. The van der Waals surface area contributed by atoms with E-state index in [0.29, 0.717) is 4.88 Å². The molecule has 19 heavy (non-hydrogen) atoms. The minimum absolute atomic E-state index is 0.00108. The van der Waals surface area contributed by atoms with Crippen LogP contribution in [0.15, 0.2) is 11.0 Å². The zero-order chi connectivity index (χ0) is 14.3. The first-order valence-electron chi connectivity index (χ1n) is 5.74. The van der Waals surface area contributed by atoms with Crippen LogP contribution in [0.5, 0.6) is 0 Å². The molecule has 1 aromatic rings. The van der Waals surface area contributed by atoms with E-state index in [4.69, 9.17) is 10.2 Å². The molecule has 0 aliphatic heterocycles. The number of carboxylic acid groups (broad SMARTS) is 1. The number of aryl methyl sites for hydroxylation is 1. The summed E-state index contributed by atoms with van der Waals surface area (Å²) in [7, 11) is -3.72. The molecule has 1 aliphatic carbocycles. The first-order valence-corrected chi connectivity index (χ1v) is 8.04. The maximum Gasteiger partial charge on any atom is 0.345 e. The Hall–Kier alpha value is -0.960. The molecular weight excluding hydrogens is 290 g/mol. The number of carboxylic acids is 1. The number of rotatable bonds is 6. The summed E-state index contributed by atoms with van der Waals surface area (Å²) in [6, 6.07) is 1.17. The Morgan fingerprint density at radius 3 is 2.58 bits per heavy atom. The second kappa shape index (κ2) is 4.86. The Kier molecular flexibility index (Phi) is 3.69. The Morgan fingerprint density at radius 1 is 1.53 bits per heavy atom. The molecule has 0 spiro atoms. The highest BCUT2D eigenvalue weighted by Gasteiger charge is 2.42. The maximum absolute atomic E-state index is 12.1. The number of hydrogen-bond acceptors (Lipinski definition) is 5. The van der Waals surface area contributed by atoms with Gasteiger partial charge in [-0.05, 0) is 25.8 Å². The van der Waals surface area contributed by atoms with E-state index in [9.17, 15) is 13.2 Å². The van der Waals surface area contributed by atoms with Crippen molar-refractivity contribution in [3.8, 4) is 0 Å². The summed E-state index contributed by atoms with van der Waals surface area (Å²) >= 11 is 0.936. The summed E-state index contributed by atoms with van der Waals surface area (Å²) in [5.41, 5.74) is -0.327. The Bertz CT molecular complexity index is 601. The van der Waals surface area contributed by atoms with Gasteiger partial charge in [-0.2, -0.15) is 0 Å². The van der Waals surface area contributed by atoms with Crippen molar-refractivity contribution in [1.29, 1.82) is 0 Å². The predicted molar refractivity (Wildman–Crippen MR) is 70.0 cm³/mol. The highest BCUT2D eigenvalue weighted by molar-refractivity contribution is 7.89. The van der Waals surface area contributed by atoms with E-state index < -0.39 is 16.0 Å². The molecule has 0 unspecified atom stereocenters. The quantitative estimate of drug-likeness (QED) is 0.721. The predicted octanol–water partition coefficient (Wildman–Crippen LogP) is 0.806. The molecule has 8 heteroatoms. The van der Waals surface area contributed by atoms with Crippen molar-refractivity contribution in [2.75, 3.05) is 13.2 Å². The van der Waals surface area contributed by atoms with Gasteiger partial charge in [0.25, 0.3) is 0 Å². The van der Waals surface area contributed by atoms with Crippen LogP contribution < -0.4 is 4.72 Å². The van der Waals surface area contributed by atoms with Gasteiger partial charge in [-0.25, -0.2) is 17.9 Å². The van der Waals surface area contributed by atoms with Crippen LogP contribution in [0, 0.1) is 12.3 Å². The Labute approximate surface area is 115 Å². The largest absolute Gasteiger partial charge is 0.477 e. The summed E-state index contributed by atoms with van der Waals surface area (Å²) < 4.78 is 26.6. The van der Waals surface area contributed by atoms with E-state index in [2.05, 4.69) is 4.72 Å². The summed E-state index contributed by atoms with van der Waals surface area (Å²) in [5, 5.41) is 18.0. The number of hydrogen-bond donors (Lipinski definition) is 3. The first kappa shape index (κ1) is 14.4. The van der Waals surface area contributed by atoms with E-state index in [1.807, 2.05) is 0 Å². The van der Waals surface area contributed by atoms with Crippen LogP contribution in [-0.4, -0.2) is 37.8 Å². The molecular formula is C11H15NO5S2. The second-order valence-corrected chi connectivity index (χ2v) is 7.81. The third-order valence-electron chi connectivity index (χ3n) is 3.30. The maximum atomic E-state index is 12.1. The minimum atomic E-state index is -3.72. The fraction of sp³-hybridized carbons (Fsp3) is 0.545. The highest BCUT2D eigenvalue weighted by atomic mass is 32.2. The monoisotopic (exact) mass is 305 g/mol. The third kappa shape index (κ3) is 2.97. The van der Waals surface area contributed by atoms with Crippen LogP contribution in [0.4, 0.5) is 0 Å². The average Bonchev–Trinajstić information content (AvgIpc) is 3.02. The van der Waals surface area contributed by atoms with Crippen molar-refractivity contribution in [2.45, 2.75) is 24.7 Å². The van der Waals surface area contributed by atoms with Gasteiger partial charge < -0.3 is 10.2 Å². The lowest BCUT2D eigenvalue weighted by atomic mass is 10.1. The molecule has 0 bridgehead atoms. The molecule has 1 fully saturated rings. The lowest BCUT2D eigenvalue weighted by Gasteiger charge is -2.12. The molecule has 0 amide bonds. The zero-order valence-corrected chi connectivity index (χ0v) is 12.0. The molecule has 1 saturated carbocycles. The zero-order valence-electron chi connectivity index (χ0n) is 10.3. The second-order valence-electron chi connectivity index (χ2n) is 4.82. The standard InChI is InChI=1S/C11H15NO5S2/c1-7-9(4-8(18-7)10(14)15)19(16,17)12-5-11(6-13)2-3-11/h4,12-13H,2-3,5-6H2,1H3,(H,14,15). The number of aliphatic hydroxyl groups is 1. The lowest BCUT2D eigenvalue weighted by molar-refractivity contribution is 0.0702. The summed E-state index contributed by atoms with van der Waals surface area (Å²) in [6.45, 7) is 1.71. The van der Waals surface area contributed by atoms with E-state index >= 15 is 0 Å². The van der Waals surface area contributed by atoms with Crippen LogP contribution in [0.1, 0.15) is 27.4 Å². The highest BCUT2D eigenvalue weighted by Crippen LogP contribution is 2.44. The van der Waals surface area contributed by atoms with Gasteiger partial charge in [-0.1, -0.05) is 0 Å². The molecule has 6 nitrogen and oxygen atoms in total. The van der Waals surface area contributed by atoms with Crippen molar-refractivity contribution in [1.82, 2.24) is 4.72 Å². The van der Waals surface area contributed by atoms with Crippen molar-refractivity contribution >= 4 is 27.3 Å². The fourth-order valence-electron chi connectivity index (χ4n) is 1.73. The third-order valence-corrected chi connectivity index (χ3v) is 6.00. The van der Waals surface area contributed by atoms with Gasteiger partial charge >= 0.3 is 5.97 Å². The van der Waals surface area contributed by atoms with Crippen molar-refractivity contribution in [3.63, 3.8) is 0 Å². The molecule has 0 saturated heterocycles. The van der Waals surface area contributed by atoms with E-state index in [-0.39, 0.29) is 28.3 Å². The van der Waals surface area contributed by atoms with Gasteiger partial charge in [-0.15, -0.1) is 11.3 Å². The summed E-state index contributed by atoms with van der Waals surface area (Å²) in [6.07, 6.45) is 1.60. The Balaban J connectivity index is 2.17. The molecule has 106 valence electrons. The van der Waals surface area contributed by atoms with Gasteiger partial charge in [0.2, 0.25) is 10.0 Å². The first-order chi connectivity index (χ1) is 8.80. The van der Waals surface area contributed by atoms with E-state index in [0.717, 1.165) is 24.2 Å². The number of thiophene rings is 1. The van der Waals surface area contributed by atoms with Crippen molar-refractivity contribution in [2.24, 2.45) is 5.41 Å². The number of nitrogens with one attached hydrogen (secondary N) is 1. The van der Waals surface area contributed by atoms with Crippen LogP contribution in [-0.2, 0) is 10.0 Å². The van der Waals surface area contributed by atoms with Gasteiger partial charge in [0, 0.05) is 23.4 Å². The van der Waals surface area contributed by atoms with Gasteiger partial charge in [-0.3, -0.25) is 0 Å². The molecule has 3 N–H and O–H groups in total. The van der Waals surface area contributed by atoms with Gasteiger partial charge in [0.05, 0.1) is 4.90 Å². The van der Waals surface area contributed by atoms with Crippen LogP contribution in [0.25, 0.3) is 0 Å². The van der Waals surface area contributed by atoms with E-state index in [1.165, 1.54) is 6.07 Å². The normalized spacial score (nSPS) is 17.4. The molecule has 1 heterocycles. The van der Waals surface area contributed by atoms with Crippen molar-refractivity contribution in [3.05, 3.63) is 15.8 Å². The molecule has 2 rings (SSSR count). The van der Waals surface area contributed by atoms with Crippen molar-refractivity contribution < 1.29 is 23.4 Å².